The number of Topliss-reactive ketones (excluding diaryl/α,β-unsaturated/α-hetero) is 1. The van der Waals surface area contributed by atoms with Gasteiger partial charge in [-0.2, -0.15) is 0 Å². The summed E-state index contributed by atoms with van der Waals surface area (Å²) in [6.45, 7) is 0. The molecule has 0 saturated heterocycles. The van der Waals surface area contributed by atoms with E-state index in [9.17, 15) is 4.79 Å². The SMILES string of the molecule is O=C(C1=[C-]CCC1)c1[c-]cccc1.[Yb+2]. The number of hydrogen-bond donors (Lipinski definition) is 0. The molecule has 1 nitrogen and oxygen atoms in total. The van der Waals surface area contributed by atoms with Gasteiger partial charge in [0.25, 0.3) is 0 Å². The van der Waals surface area contributed by atoms with E-state index >= 15 is 0 Å². The number of allylic oxidation sites excluding steroid dienone is 2. The van der Waals surface area contributed by atoms with Gasteiger partial charge in [0.15, 0.2) is 0 Å². The maximum absolute atomic E-state index is 11.7. The van der Waals surface area contributed by atoms with Crippen LogP contribution in [0.4, 0.5) is 0 Å². The molecule has 0 aromatic heterocycles. The van der Waals surface area contributed by atoms with Crippen LogP contribution in [0.25, 0.3) is 0 Å². The van der Waals surface area contributed by atoms with Crippen LogP contribution in [0.1, 0.15) is 29.6 Å². The fourth-order valence-electron chi connectivity index (χ4n) is 1.48. The first-order chi connectivity index (χ1) is 6.38. The van der Waals surface area contributed by atoms with Crippen molar-refractivity contribution in [2.45, 2.75) is 19.3 Å². The van der Waals surface area contributed by atoms with Gasteiger partial charge in [0, 0.05) is 0 Å². The first-order valence-electron chi connectivity index (χ1n) is 4.49. The maximum Gasteiger partial charge on any atom is 2.00 e. The van der Waals surface area contributed by atoms with Gasteiger partial charge in [0.2, 0.25) is 0 Å². The molecule has 1 aromatic rings. The van der Waals surface area contributed by atoms with Gasteiger partial charge in [0.05, 0.1) is 5.78 Å². The molecule has 0 atom stereocenters. The summed E-state index contributed by atoms with van der Waals surface area (Å²) in [5, 5.41) is 0. The third-order valence-electron chi connectivity index (χ3n) is 2.17. The predicted molar refractivity (Wildman–Crippen MR) is 50.2 cm³/mol. The summed E-state index contributed by atoms with van der Waals surface area (Å²) in [6, 6.07) is 10.2. The van der Waals surface area contributed by atoms with Gasteiger partial charge in [-0.3, -0.25) is 6.08 Å². The summed E-state index contributed by atoms with van der Waals surface area (Å²) >= 11 is 0. The van der Waals surface area contributed by atoms with Gasteiger partial charge in [-0.05, 0) is 0 Å². The summed E-state index contributed by atoms with van der Waals surface area (Å²) in [7, 11) is 0. The zero-order valence-electron chi connectivity index (χ0n) is 7.61. The Morgan fingerprint density at radius 2 is 2.21 bits per heavy atom. The molecule has 0 radical (unpaired) electrons. The van der Waals surface area contributed by atoms with Crippen LogP contribution in [-0.2, 0) is 0 Å². The van der Waals surface area contributed by atoms with E-state index in [1.807, 2.05) is 12.1 Å². The van der Waals surface area contributed by atoms with E-state index < -0.39 is 0 Å². The Labute approximate surface area is 123 Å². The van der Waals surface area contributed by atoms with E-state index in [0.29, 0.717) is 5.56 Å². The van der Waals surface area contributed by atoms with Crippen LogP contribution in [0, 0.1) is 59.1 Å². The molecule has 2 heteroatoms. The standard InChI is InChI=1S/C12H10O.Yb/c13-12(11-8-4-5-9-11)10-6-2-1-3-7-10;/h1-3,6H,4-5,8H2;/q-2;+2. The maximum atomic E-state index is 11.7. The molecule has 0 aliphatic heterocycles. The quantitative estimate of drug-likeness (QED) is 0.596. The van der Waals surface area contributed by atoms with Crippen LogP contribution in [-0.4, -0.2) is 5.78 Å². The summed E-state index contributed by atoms with van der Waals surface area (Å²) in [6.07, 6.45) is 5.97. The van der Waals surface area contributed by atoms with Crippen LogP contribution in [0.5, 0.6) is 0 Å². The third-order valence-corrected chi connectivity index (χ3v) is 2.17. The largest absolute Gasteiger partial charge is 2.00 e. The minimum absolute atomic E-state index is 0. The van der Waals surface area contributed by atoms with Crippen LogP contribution in [0.15, 0.2) is 29.8 Å². The molecule has 0 N–H and O–H groups in total. The summed E-state index contributed by atoms with van der Waals surface area (Å²) in [4.78, 5) is 11.7. The first-order valence-corrected chi connectivity index (χ1v) is 4.49. The van der Waals surface area contributed by atoms with E-state index in [-0.39, 0.29) is 52.7 Å². The fourth-order valence-corrected chi connectivity index (χ4v) is 1.48. The van der Waals surface area contributed by atoms with E-state index in [0.717, 1.165) is 24.8 Å². The Kier molecular flexibility index (Phi) is 5.14. The molecule has 0 bridgehead atoms. The topological polar surface area (TPSA) is 17.1 Å². The smallest absolute Gasteiger partial charge is 0.348 e. The van der Waals surface area contributed by atoms with Gasteiger partial charge < -0.3 is 4.79 Å². The number of carbonyl (C=O) groups excluding carboxylic acids is 1. The van der Waals surface area contributed by atoms with E-state index in [4.69, 9.17) is 0 Å². The molecule has 0 heterocycles. The molecule has 1 aromatic carbocycles. The molecule has 78 valence electrons. The Bertz CT molecular complexity index is 341. The zero-order chi connectivity index (χ0) is 9.10. The normalized spacial score (nSPS) is 14.4. The molecule has 2 rings (SSSR count). The predicted octanol–water partition coefficient (Wildman–Crippen LogP) is 2.58. The number of carbonyl (C=O) groups is 1. The second-order valence-electron chi connectivity index (χ2n) is 3.11. The van der Waals surface area contributed by atoms with E-state index in [1.54, 1.807) is 12.1 Å². The molecule has 14 heavy (non-hydrogen) atoms. The van der Waals surface area contributed by atoms with Crippen molar-refractivity contribution in [3.63, 3.8) is 0 Å². The number of ketones is 1. The molecular weight excluding hydrogens is 333 g/mol. The van der Waals surface area contributed by atoms with E-state index in [1.165, 1.54) is 0 Å². The van der Waals surface area contributed by atoms with Crippen LogP contribution < -0.4 is 0 Å². The summed E-state index contributed by atoms with van der Waals surface area (Å²) in [5.41, 5.74) is 1.49. The molecular formula is C12H10OYb. The van der Waals surface area contributed by atoms with Gasteiger partial charge in [-0.15, -0.1) is 47.9 Å². The Morgan fingerprint density at radius 1 is 1.36 bits per heavy atom. The van der Waals surface area contributed by atoms with Crippen molar-refractivity contribution in [3.8, 4) is 0 Å². The van der Waals surface area contributed by atoms with Crippen molar-refractivity contribution < 1.29 is 51.7 Å². The van der Waals surface area contributed by atoms with Crippen molar-refractivity contribution >= 4 is 5.78 Å². The third kappa shape index (κ3) is 2.82. The second-order valence-corrected chi connectivity index (χ2v) is 3.11. The molecule has 0 spiro atoms. The zero-order valence-corrected chi connectivity index (χ0v) is 9.32. The average molecular weight is 343 g/mol. The fraction of sp³-hybridized carbons (Fsp3) is 0.250. The van der Waals surface area contributed by atoms with Crippen LogP contribution in [0.3, 0.4) is 0 Å². The van der Waals surface area contributed by atoms with Crippen molar-refractivity contribution in [1.29, 1.82) is 0 Å². The van der Waals surface area contributed by atoms with Gasteiger partial charge in [0.1, 0.15) is 0 Å². The summed E-state index contributed by atoms with van der Waals surface area (Å²) in [5.74, 6) is 0.0955. The van der Waals surface area contributed by atoms with Crippen molar-refractivity contribution in [2.24, 2.45) is 0 Å². The van der Waals surface area contributed by atoms with Gasteiger partial charge >= 0.3 is 46.9 Å². The monoisotopic (exact) mass is 344 g/mol. The number of benzene rings is 1. The van der Waals surface area contributed by atoms with Crippen molar-refractivity contribution in [2.75, 3.05) is 0 Å². The molecule has 1 aliphatic carbocycles. The van der Waals surface area contributed by atoms with Crippen molar-refractivity contribution in [3.05, 3.63) is 47.5 Å². The Hall–Kier alpha value is 0.149. The first kappa shape index (κ1) is 12.2. The van der Waals surface area contributed by atoms with Crippen LogP contribution in [0.2, 0.25) is 0 Å². The second kappa shape index (κ2) is 5.89. The molecule has 0 unspecified atom stereocenters. The number of hydrogen-bond acceptors (Lipinski definition) is 1. The molecule has 1 aliphatic rings. The summed E-state index contributed by atoms with van der Waals surface area (Å²) < 4.78 is 0. The Balaban J connectivity index is 0.000000980. The minimum Gasteiger partial charge on any atom is -0.348 e. The molecule has 0 fully saturated rings. The van der Waals surface area contributed by atoms with Gasteiger partial charge in [-0.1, -0.05) is 12.8 Å². The van der Waals surface area contributed by atoms with E-state index in [2.05, 4.69) is 12.1 Å². The Morgan fingerprint density at radius 3 is 2.79 bits per heavy atom. The van der Waals surface area contributed by atoms with Gasteiger partial charge in [-0.25, -0.2) is 0 Å². The van der Waals surface area contributed by atoms with Crippen LogP contribution >= 0.6 is 0 Å². The average Bonchev–Trinajstić information content (AvgIpc) is 2.71. The number of rotatable bonds is 2. The molecule has 0 amide bonds. The molecule has 0 saturated carbocycles. The minimum atomic E-state index is 0. The van der Waals surface area contributed by atoms with Crippen molar-refractivity contribution in [1.82, 2.24) is 0 Å².